The van der Waals surface area contributed by atoms with E-state index in [-0.39, 0.29) is 17.7 Å². The Labute approximate surface area is 176 Å². The first kappa shape index (κ1) is 18.6. The Morgan fingerprint density at radius 2 is 2.17 bits per heavy atom. The van der Waals surface area contributed by atoms with Gasteiger partial charge in [-0.3, -0.25) is 10.1 Å². The van der Waals surface area contributed by atoms with E-state index in [4.69, 9.17) is 14.0 Å². The van der Waals surface area contributed by atoms with Crippen molar-refractivity contribution in [2.24, 2.45) is 0 Å². The molecule has 0 fully saturated rings. The van der Waals surface area contributed by atoms with Crippen LogP contribution in [0.15, 0.2) is 47.0 Å². The van der Waals surface area contributed by atoms with Crippen molar-refractivity contribution in [3.05, 3.63) is 53.7 Å². The standard InChI is InChI=1S/C22H19N3O4S/c1-3-27-15-5-6-16-20(10-15)30-22(23-16)24-21(26)17-11-19(29-25-17)13-4-7-18-14(9-13)8-12(2)28-18/h4-7,9-12H,3,8H2,1-2H3,(H,23,24,26)/t12-/m1/s1. The fraction of sp³-hybridized carbons (Fsp3) is 0.227. The van der Waals surface area contributed by atoms with Crippen LogP contribution in [0.25, 0.3) is 21.5 Å². The highest BCUT2D eigenvalue weighted by atomic mass is 32.1. The third kappa shape index (κ3) is 3.50. The first-order valence-corrected chi connectivity index (χ1v) is 10.5. The maximum Gasteiger partial charge on any atom is 0.279 e. The molecule has 1 aliphatic rings. The molecule has 0 saturated heterocycles. The van der Waals surface area contributed by atoms with Gasteiger partial charge in [-0.15, -0.1) is 0 Å². The van der Waals surface area contributed by atoms with Crippen LogP contribution in [0, 0.1) is 0 Å². The second-order valence-corrected chi connectivity index (χ2v) is 8.10. The van der Waals surface area contributed by atoms with Gasteiger partial charge >= 0.3 is 0 Å². The molecule has 30 heavy (non-hydrogen) atoms. The number of ether oxygens (including phenoxy) is 2. The van der Waals surface area contributed by atoms with Crippen LogP contribution in [-0.2, 0) is 6.42 Å². The molecule has 1 aliphatic heterocycles. The third-order valence-electron chi connectivity index (χ3n) is 4.81. The Kier molecular flexibility index (Phi) is 4.63. The summed E-state index contributed by atoms with van der Waals surface area (Å²) in [5.74, 6) is 1.84. The first-order valence-electron chi connectivity index (χ1n) is 9.70. The minimum absolute atomic E-state index is 0.171. The van der Waals surface area contributed by atoms with E-state index in [9.17, 15) is 4.79 Å². The molecule has 2 aromatic heterocycles. The predicted octanol–water partition coefficient (Wildman–Crippen LogP) is 4.93. The zero-order chi connectivity index (χ0) is 20.7. The Balaban J connectivity index is 1.33. The molecule has 152 valence electrons. The van der Waals surface area contributed by atoms with Crippen molar-refractivity contribution in [2.75, 3.05) is 11.9 Å². The van der Waals surface area contributed by atoms with Crippen LogP contribution in [0.1, 0.15) is 29.9 Å². The fourth-order valence-electron chi connectivity index (χ4n) is 3.47. The molecule has 0 unspecified atom stereocenters. The van der Waals surface area contributed by atoms with Gasteiger partial charge < -0.3 is 14.0 Å². The minimum Gasteiger partial charge on any atom is -0.494 e. The highest BCUT2D eigenvalue weighted by molar-refractivity contribution is 7.22. The maximum atomic E-state index is 12.6. The van der Waals surface area contributed by atoms with Gasteiger partial charge in [-0.25, -0.2) is 4.98 Å². The SMILES string of the molecule is CCOc1ccc2nc(NC(=O)c3cc(-c4ccc5c(c4)C[C@@H](C)O5)on3)sc2c1. The molecule has 0 saturated carbocycles. The number of hydrogen-bond acceptors (Lipinski definition) is 7. The molecule has 0 bridgehead atoms. The summed E-state index contributed by atoms with van der Waals surface area (Å²) in [5.41, 5.74) is 2.99. The second kappa shape index (κ2) is 7.46. The third-order valence-corrected chi connectivity index (χ3v) is 5.75. The Morgan fingerprint density at radius 3 is 3.03 bits per heavy atom. The highest BCUT2D eigenvalue weighted by Gasteiger charge is 2.21. The predicted molar refractivity (Wildman–Crippen MR) is 114 cm³/mol. The van der Waals surface area contributed by atoms with Crippen molar-refractivity contribution >= 4 is 32.6 Å². The van der Waals surface area contributed by atoms with E-state index in [2.05, 4.69) is 15.5 Å². The number of benzene rings is 2. The lowest BCUT2D eigenvalue weighted by Gasteiger charge is -2.02. The molecule has 1 N–H and O–H groups in total. The van der Waals surface area contributed by atoms with Crippen molar-refractivity contribution in [1.29, 1.82) is 0 Å². The average molecular weight is 421 g/mol. The molecular formula is C22H19N3O4S. The van der Waals surface area contributed by atoms with Gasteiger partial charge in [0.25, 0.3) is 5.91 Å². The number of hydrogen-bond donors (Lipinski definition) is 1. The van der Waals surface area contributed by atoms with E-state index >= 15 is 0 Å². The molecule has 5 rings (SSSR count). The van der Waals surface area contributed by atoms with Gasteiger partial charge in [0.2, 0.25) is 0 Å². The number of anilines is 1. The van der Waals surface area contributed by atoms with Crippen molar-refractivity contribution in [2.45, 2.75) is 26.4 Å². The van der Waals surface area contributed by atoms with E-state index in [1.807, 2.05) is 50.2 Å². The van der Waals surface area contributed by atoms with Crippen molar-refractivity contribution < 1.29 is 18.8 Å². The number of carbonyl (C=O) groups is 1. The molecule has 7 nitrogen and oxygen atoms in total. The number of thiazole rings is 1. The van der Waals surface area contributed by atoms with E-state index in [1.165, 1.54) is 11.3 Å². The molecule has 1 atom stereocenters. The summed E-state index contributed by atoms with van der Waals surface area (Å²) in [6.07, 6.45) is 1.03. The number of carbonyl (C=O) groups excluding carboxylic acids is 1. The van der Waals surface area contributed by atoms with Crippen LogP contribution in [0.4, 0.5) is 5.13 Å². The summed E-state index contributed by atoms with van der Waals surface area (Å²) >= 11 is 1.38. The summed E-state index contributed by atoms with van der Waals surface area (Å²) < 4.78 is 17.6. The number of nitrogens with one attached hydrogen (secondary N) is 1. The minimum atomic E-state index is -0.368. The van der Waals surface area contributed by atoms with Gasteiger partial charge in [-0.05, 0) is 55.8 Å². The molecular weight excluding hydrogens is 402 g/mol. The van der Waals surface area contributed by atoms with Crippen molar-refractivity contribution in [1.82, 2.24) is 10.1 Å². The quantitative estimate of drug-likeness (QED) is 0.492. The zero-order valence-corrected chi connectivity index (χ0v) is 17.3. The van der Waals surface area contributed by atoms with Gasteiger partial charge in [0.05, 0.1) is 16.8 Å². The Hall–Kier alpha value is -3.39. The van der Waals surface area contributed by atoms with E-state index in [0.717, 1.165) is 39.3 Å². The van der Waals surface area contributed by atoms with Crippen LogP contribution in [-0.4, -0.2) is 28.8 Å². The number of aromatic nitrogens is 2. The second-order valence-electron chi connectivity index (χ2n) is 7.07. The van der Waals surface area contributed by atoms with Crippen molar-refractivity contribution in [3.63, 3.8) is 0 Å². The van der Waals surface area contributed by atoms with E-state index in [0.29, 0.717) is 17.5 Å². The summed E-state index contributed by atoms with van der Waals surface area (Å²) in [4.78, 5) is 17.1. The molecule has 0 spiro atoms. The number of fused-ring (bicyclic) bond motifs is 2. The van der Waals surface area contributed by atoms with Crippen LogP contribution in [0.3, 0.4) is 0 Å². The molecule has 1 amide bonds. The van der Waals surface area contributed by atoms with Gasteiger partial charge in [-0.2, -0.15) is 0 Å². The summed E-state index contributed by atoms with van der Waals surface area (Å²) in [7, 11) is 0. The van der Waals surface area contributed by atoms with Crippen LogP contribution in [0.5, 0.6) is 11.5 Å². The average Bonchev–Trinajstić information content (AvgIpc) is 3.44. The van der Waals surface area contributed by atoms with E-state index < -0.39 is 0 Å². The van der Waals surface area contributed by atoms with Gasteiger partial charge in [0, 0.05) is 18.1 Å². The van der Waals surface area contributed by atoms with E-state index in [1.54, 1.807) is 6.07 Å². The topological polar surface area (TPSA) is 86.5 Å². The Bertz CT molecular complexity index is 1250. The van der Waals surface area contributed by atoms with Gasteiger partial charge in [0.1, 0.15) is 17.6 Å². The van der Waals surface area contributed by atoms with Crippen LogP contribution >= 0.6 is 11.3 Å². The molecule has 2 aromatic carbocycles. The lowest BCUT2D eigenvalue weighted by atomic mass is 10.1. The van der Waals surface area contributed by atoms with Gasteiger partial charge in [0.15, 0.2) is 16.6 Å². The highest BCUT2D eigenvalue weighted by Crippen LogP contribution is 2.33. The van der Waals surface area contributed by atoms with Crippen LogP contribution in [0.2, 0.25) is 0 Å². The Morgan fingerprint density at radius 1 is 1.27 bits per heavy atom. The fourth-order valence-corrected chi connectivity index (χ4v) is 4.36. The molecule has 4 aromatic rings. The molecule has 8 heteroatoms. The lowest BCUT2D eigenvalue weighted by Crippen LogP contribution is -2.11. The largest absolute Gasteiger partial charge is 0.494 e. The zero-order valence-electron chi connectivity index (χ0n) is 16.5. The van der Waals surface area contributed by atoms with Gasteiger partial charge in [-0.1, -0.05) is 16.5 Å². The van der Waals surface area contributed by atoms with Crippen LogP contribution < -0.4 is 14.8 Å². The maximum absolute atomic E-state index is 12.6. The van der Waals surface area contributed by atoms with Crippen molar-refractivity contribution in [3.8, 4) is 22.8 Å². The lowest BCUT2D eigenvalue weighted by molar-refractivity contribution is 0.101. The monoisotopic (exact) mass is 421 g/mol. The number of nitrogens with zero attached hydrogens (tertiary/aromatic N) is 2. The molecule has 3 heterocycles. The number of rotatable bonds is 5. The smallest absolute Gasteiger partial charge is 0.279 e. The normalized spacial score (nSPS) is 15.1. The summed E-state index contributed by atoms with van der Waals surface area (Å²) in [5, 5.41) is 7.22. The summed E-state index contributed by atoms with van der Waals surface area (Å²) in [6, 6.07) is 13.1. The molecule has 0 aliphatic carbocycles. The first-order chi connectivity index (χ1) is 14.6. The summed E-state index contributed by atoms with van der Waals surface area (Å²) in [6.45, 7) is 4.57. The molecule has 0 radical (unpaired) electrons. The number of amides is 1.